The fourth-order valence-electron chi connectivity index (χ4n) is 5.03. The number of phenolic OH excluding ortho intramolecular Hbond substituents is 1. The van der Waals surface area contributed by atoms with Crippen molar-refractivity contribution in [2.45, 2.75) is 39.5 Å². The van der Waals surface area contributed by atoms with Crippen LogP contribution in [-0.2, 0) is 0 Å². The monoisotopic (exact) mass is 402 g/mol. The maximum absolute atomic E-state index is 10.9. The zero-order chi connectivity index (χ0) is 22.3. The van der Waals surface area contributed by atoms with E-state index in [9.17, 15) is 20.9 Å². The number of nitrogens with one attached hydrogen (secondary N) is 1. The van der Waals surface area contributed by atoms with E-state index >= 15 is 0 Å². The van der Waals surface area contributed by atoms with E-state index in [1.165, 1.54) is 7.11 Å². The predicted octanol–water partition coefficient (Wildman–Crippen LogP) is 4.69. The molecule has 1 saturated carbocycles. The Morgan fingerprint density at radius 1 is 1.20 bits per heavy atom. The molecular weight excluding hydrogens is 376 g/mol. The Bertz CT molecular complexity index is 1020. The first-order chi connectivity index (χ1) is 14.2. The number of aromatic hydroxyl groups is 1. The number of hydrogen-bond donors (Lipinski definition) is 2. The summed E-state index contributed by atoms with van der Waals surface area (Å²) < 4.78 is 5.26. The molecule has 6 nitrogen and oxygen atoms in total. The van der Waals surface area contributed by atoms with Crippen LogP contribution in [0.4, 0.5) is 0 Å². The summed E-state index contributed by atoms with van der Waals surface area (Å²) in [6.07, 6.45) is 3.48. The van der Waals surface area contributed by atoms with Gasteiger partial charge >= 0.3 is 0 Å². The molecule has 1 aromatic rings. The lowest BCUT2D eigenvalue weighted by molar-refractivity contribution is 0.167. The molecule has 2 N–H and O–H groups in total. The zero-order valence-corrected chi connectivity index (χ0v) is 17.7. The summed E-state index contributed by atoms with van der Waals surface area (Å²) in [7, 11) is 1.44. The number of methoxy groups -OCH3 is 1. The van der Waals surface area contributed by atoms with Gasteiger partial charge in [0.15, 0.2) is 16.9 Å². The van der Waals surface area contributed by atoms with E-state index in [0.717, 1.165) is 12.0 Å². The van der Waals surface area contributed by atoms with Crippen molar-refractivity contribution >= 4 is 5.71 Å². The van der Waals surface area contributed by atoms with Crippen molar-refractivity contribution in [3.05, 3.63) is 35.4 Å². The molecule has 1 unspecified atom stereocenters. The van der Waals surface area contributed by atoms with Crippen LogP contribution in [-0.4, -0.2) is 17.9 Å². The summed E-state index contributed by atoms with van der Waals surface area (Å²) in [6, 6.07) is 11.3. The Hall–Kier alpha value is -3.30. The Labute approximate surface area is 177 Å². The fourth-order valence-corrected chi connectivity index (χ4v) is 5.03. The van der Waals surface area contributed by atoms with E-state index in [1.807, 2.05) is 6.08 Å². The minimum atomic E-state index is -1.84. The number of ether oxygens (including phenoxy) is 1. The quantitative estimate of drug-likeness (QED) is 0.694. The summed E-state index contributed by atoms with van der Waals surface area (Å²) >= 11 is 0. The van der Waals surface area contributed by atoms with E-state index < -0.39 is 17.3 Å². The van der Waals surface area contributed by atoms with Crippen molar-refractivity contribution < 1.29 is 9.84 Å². The number of hydrogen-bond acceptors (Lipinski definition) is 6. The molecule has 30 heavy (non-hydrogen) atoms. The normalized spacial score (nSPS) is 27.6. The predicted molar refractivity (Wildman–Crippen MR) is 112 cm³/mol. The van der Waals surface area contributed by atoms with E-state index in [0.29, 0.717) is 12.0 Å². The first-order valence-electron chi connectivity index (χ1n) is 10.0. The lowest BCUT2D eigenvalue weighted by atomic mass is 9.51. The third-order valence-electron chi connectivity index (χ3n) is 6.81. The standard InChI is InChI=1S/C24H26N4O2/c1-23(2,3)14-8-9-15-17(10-14)20(16-6-5-7-19(30-4)21(16)29)24(12-26,13-27)22(28)18(15)11-25/h5-7,9,14,17-18,20,28-29H,8,10H2,1-4H3/t14-,17-,18?,20-/m0/s1. The van der Waals surface area contributed by atoms with Crippen molar-refractivity contribution in [3.63, 3.8) is 0 Å². The Morgan fingerprint density at radius 3 is 2.40 bits per heavy atom. The third-order valence-corrected chi connectivity index (χ3v) is 6.81. The Balaban J connectivity index is 2.31. The molecule has 0 amide bonds. The topological polar surface area (TPSA) is 125 Å². The number of nitrogens with zero attached hydrogens (tertiary/aromatic N) is 3. The highest BCUT2D eigenvalue weighted by Crippen LogP contribution is 2.59. The van der Waals surface area contributed by atoms with Gasteiger partial charge in [-0.05, 0) is 41.7 Å². The lowest BCUT2D eigenvalue weighted by Crippen LogP contribution is -2.50. The van der Waals surface area contributed by atoms with Gasteiger partial charge in [-0.25, -0.2) is 0 Å². The number of benzene rings is 1. The van der Waals surface area contributed by atoms with Crippen molar-refractivity contribution in [2.75, 3.05) is 7.11 Å². The Kier molecular flexibility index (Phi) is 5.36. The molecular formula is C24H26N4O2. The molecule has 0 heterocycles. The molecule has 1 aromatic carbocycles. The maximum Gasteiger partial charge on any atom is 0.189 e. The van der Waals surface area contributed by atoms with Gasteiger partial charge < -0.3 is 15.3 Å². The lowest BCUT2D eigenvalue weighted by Gasteiger charge is -2.49. The molecule has 0 spiro atoms. The van der Waals surface area contributed by atoms with Gasteiger partial charge in [-0.2, -0.15) is 15.8 Å². The number of phenols is 1. The van der Waals surface area contributed by atoms with Crippen LogP contribution in [0.25, 0.3) is 0 Å². The average molecular weight is 402 g/mol. The van der Waals surface area contributed by atoms with Crippen LogP contribution in [0.15, 0.2) is 29.8 Å². The second-order valence-corrected chi connectivity index (χ2v) is 9.23. The van der Waals surface area contributed by atoms with Crippen LogP contribution >= 0.6 is 0 Å². The molecule has 1 fully saturated rings. The molecule has 0 radical (unpaired) electrons. The second-order valence-electron chi connectivity index (χ2n) is 9.23. The van der Waals surface area contributed by atoms with Crippen LogP contribution in [0.1, 0.15) is 45.1 Å². The highest BCUT2D eigenvalue weighted by Gasteiger charge is 2.58. The third kappa shape index (κ3) is 3.03. The molecule has 2 aliphatic rings. The molecule has 154 valence electrons. The van der Waals surface area contributed by atoms with E-state index in [1.54, 1.807) is 18.2 Å². The minimum Gasteiger partial charge on any atom is -0.504 e. The van der Waals surface area contributed by atoms with Gasteiger partial charge in [0.25, 0.3) is 0 Å². The van der Waals surface area contributed by atoms with Gasteiger partial charge in [-0.15, -0.1) is 0 Å². The maximum atomic E-state index is 10.9. The Morgan fingerprint density at radius 2 is 1.87 bits per heavy atom. The van der Waals surface area contributed by atoms with Crippen LogP contribution in [0.3, 0.4) is 0 Å². The molecule has 3 rings (SSSR count). The average Bonchev–Trinajstić information content (AvgIpc) is 2.72. The second kappa shape index (κ2) is 7.51. The van der Waals surface area contributed by atoms with Gasteiger partial charge in [0, 0.05) is 11.5 Å². The van der Waals surface area contributed by atoms with Crippen LogP contribution in [0.5, 0.6) is 11.5 Å². The zero-order valence-electron chi connectivity index (χ0n) is 17.7. The fraction of sp³-hybridized carbons (Fsp3) is 0.500. The summed E-state index contributed by atoms with van der Waals surface area (Å²) in [5, 5.41) is 49.7. The van der Waals surface area contributed by atoms with Gasteiger partial charge in [0.1, 0.15) is 5.92 Å². The molecule has 4 atom stereocenters. The molecule has 0 saturated heterocycles. The molecule has 6 heteroatoms. The molecule has 0 aliphatic heterocycles. The molecule has 2 aliphatic carbocycles. The van der Waals surface area contributed by atoms with E-state index in [2.05, 4.69) is 39.0 Å². The van der Waals surface area contributed by atoms with Crippen LogP contribution in [0.2, 0.25) is 0 Å². The van der Waals surface area contributed by atoms with Crippen LogP contribution < -0.4 is 4.74 Å². The number of allylic oxidation sites excluding steroid dienone is 2. The summed E-state index contributed by atoms with van der Waals surface area (Å²) in [4.78, 5) is 0. The van der Waals surface area contributed by atoms with Gasteiger partial charge in [0.2, 0.25) is 0 Å². The van der Waals surface area contributed by atoms with Crippen molar-refractivity contribution in [3.8, 4) is 29.7 Å². The molecule has 0 aromatic heterocycles. The SMILES string of the molecule is COc1cccc([C@H]2[C@H]3C[C@@H](C(C)(C)C)CC=C3C(C#N)C(=N)C2(C#N)C#N)c1O. The smallest absolute Gasteiger partial charge is 0.189 e. The van der Waals surface area contributed by atoms with Crippen molar-refractivity contribution in [1.29, 1.82) is 21.2 Å². The van der Waals surface area contributed by atoms with Gasteiger partial charge in [0.05, 0.1) is 31.0 Å². The highest BCUT2D eigenvalue weighted by molar-refractivity contribution is 6.01. The van der Waals surface area contributed by atoms with Gasteiger partial charge in [-0.1, -0.05) is 39.0 Å². The van der Waals surface area contributed by atoms with Gasteiger partial charge in [-0.3, -0.25) is 0 Å². The van der Waals surface area contributed by atoms with Crippen LogP contribution in [0, 0.1) is 68.0 Å². The highest BCUT2D eigenvalue weighted by atomic mass is 16.5. The summed E-state index contributed by atoms with van der Waals surface area (Å²) in [5.74, 6) is -1.57. The number of rotatable bonds is 2. The summed E-state index contributed by atoms with van der Waals surface area (Å²) in [6.45, 7) is 6.47. The van der Waals surface area contributed by atoms with Crippen molar-refractivity contribution in [1.82, 2.24) is 0 Å². The first kappa shape index (κ1) is 21.4. The summed E-state index contributed by atoms with van der Waals surface area (Å²) in [5.41, 5.74) is -0.858. The van der Waals surface area contributed by atoms with Crippen molar-refractivity contribution in [2.24, 2.45) is 28.6 Å². The van der Waals surface area contributed by atoms with E-state index in [-0.39, 0.29) is 34.5 Å². The molecule has 0 bridgehead atoms. The number of nitriles is 3. The first-order valence-corrected chi connectivity index (χ1v) is 10.0. The van der Waals surface area contributed by atoms with E-state index in [4.69, 9.17) is 10.1 Å². The minimum absolute atomic E-state index is 0.00194. The number of fused-ring (bicyclic) bond motifs is 1. The largest absolute Gasteiger partial charge is 0.504 e. The number of para-hydroxylation sites is 1.